The van der Waals surface area contributed by atoms with Gasteiger partial charge >= 0.3 is 0 Å². The third-order valence-electron chi connectivity index (χ3n) is 3.18. The average Bonchev–Trinajstić information content (AvgIpc) is 2.37. The van der Waals surface area contributed by atoms with Crippen LogP contribution in [0.2, 0.25) is 0 Å². The summed E-state index contributed by atoms with van der Waals surface area (Å²) < 4.78 is 19.2. The van der Waals surface area contributed by atoms with Crippen LogP contribution in [0.25, 0.3) is 0 Å². The van der Waals surface area contributed by atoms with Crippen molar-refractivity contribution in [2.75, 3.05) is 0 Å². The van der Waals surface area contributed by atoms with Gasteiger partial charge in [-0.05, 0) is 56.0 Å². The Morgan fingerprint density at radius 1 is 1.05 bits per heavy atom. The molecule has 0 amide bonds. The number of rotatable bonds is 4. The first-order valence-corrected chi connectivity index (χ1v) is 6.75. The Morgan fingerprint density at radius 3 is 2.30 bits per heavy atom. The van der Waals surface area contributed by atoms with Gasteiger partial charge in [-0.15, -0.1) is 0 Å². The first kappa shape index (κ1) is 14.5. The van der Waals surface area contributed by atoms with Crippen LogP contribution in [-0.4, -0.2) is 6.04 Å². The molecule has 2 aromatic carbocycles. The van der Waals surface area contributed by atoms with Crippen LogP contribution >= 0.6 is 0 Å². The number of aryl methyl sites for hydroxylation is 2. The normalized spacial score (nSPS) is 12.2. The quantitative estimate of drug-likeness (QED) is 0.909. The molecule has 2 N–H and O–H groups in total. The molecule has 0 fully saturated rings. The molecule has 20 heavy (non-hydrogen) atoms. The highest BCUT2D eigenvalue weighted by molar-refractivity contribution is 5.42. The van der Waals surface area contributed by atoms with Crippen molar-refractivity contribution in [2.24, 2.45) is 5.73 Å². The summed E-state index contributed by atoms with van der Waals surface area (Å²) >= 11 is 0. The monoisotopic (exact) mass is 273 g/mol. The van der Waals surface area contributed by atoms with E-state index in [1.165, 1.54) is 12.1 Å². The van der Waals surface area contributed by atoms with Gasteiger partial charge in [0.05, 0.1) is 0 Å². The fraction of sp³-hybridized carbons (Fsp3) is 0.294. The standard InChI is InChI=1S/C17H20FNO/c1-11-4-6-14(8-13(3)19)9-16(11)20-17-10-15(18)7-5-12(17)2/h4-7,9-10,13H,8,19H2,1-3H3. The second kappa shape index (κ2) is 6.06. The number of hydrogen-bond acceptors (Lipinski definition) is 2. The summed E-state index contributed by atoms with van der Waals surface area (Å²) in [6, 6.07) is 10.7. The van der Waals surface area contributed by atoms with Crippen LogP contribution in [0.3, 0.4) is 0 Å². The Balaban J connectivity index is 2.30. The van der Waals surface area contributed by atoms with Gasteiger partial charge in [-0.25, -0.2) is 4.39 Å². The second-order valence-electron chi connectivity index (χ2n) is 5.29. The van der Waals surface area contributed by atoms with Gasteiger partial charge in [0, 0.05) is 12.1 Å². The predicted molar refractivity (Wildman–Crippen MR) is 79.7 cm³/mol. The summed E-state index contributed by atoms with van der Waals surface area (Å²) in [5, 5.41) is 0. The number of nitrogens with two attached hydrogens (primary N) is 1. The molecule has 2 nitrogen and oxygen atoms in total. The molecule has 2 aromatic rings. The van der Waals surface area contributed by atoms with E-state index in [-0.39, 0.29) is 11.9 Å². The lowest BCUT2D eigenvalue weighted by Crippen LogP contribution is -2.17. The average molecular weight is 273 g/mol. The summed E-state index contributed by atoms with van der Waals surface area (Å²) in [6.45, 7) is 5.84. The van der Waals surface area contributed by atoms with Crippen LogP contribution in [0.4, 0.5) is 4.39 Å². The Bertz CT molecular complexity index is 608. The van der Waals surface area contributed by atoms with E-state index >= 15 is 0 Å². The molecule has 0 heterocycles. The Kier molecular flexibility index (Phi) is 4.40. The molecule has 0 aliphatic heterocycles. The van der Waals surface area contributed by atoms with Gasteiger partial charge in [-0.2, -0.15) is 0 Å². The summed E-state index contributed by atoms with van der Waals surface area (Å²) in [5.41, 5.74) is 8.86. The zero-order chi connectivity index (χ0) is 14.7. The summed E-state index contributed by atoms with van der Waals surface area (Å²) in [4.78, 5) is 0. The maximum Gasteiger partial charge on any atom is 0.133 e. The van der Waals surface area contributed by atoms with E-state index in [4.69, 9.17) is 10.5 Å². The van der Waals surface area contributed by atoms with Gasteiger partial charge in [-0.1, -0.05) is 18.2 Å². The third-order valence-corrected chi connectivity index (χ3v) is 3.18. The molecule has 0 aromatic heterocycles. The van der Waals surface area contributed by atoms with Crippen molar-refractivity contribution in [3.8, 4) is 11.5 Å². The lowest BCUT2D eigenvalue weighted by atomic mass is 10.1. The van der Waals surface area contributed by atoms with E-state index in [1.54, 1.807) is 6.07 Å². The summed E-state index contributed by atoms with van der Waals surface area (Å²) in [7, 11) is 0. The molecule has 0 aliphatic rings. The molecule has 0 saturated heterocycles. The smallest absolute Gasteiger partial charge is 0.133 e. The van der Waals surface area contributed by atoms with E-state index in [9.17, 15) is 4.39 Å². The third kappa shape index (κ3) is 3.58. The van der Waals surface area contributed by atoms with Crippen molar-refractivity contribution in [1.29, 1.82) is 0 Å². The van der Waals surface area contributed by atoms with Crippen LogP contribution in [0.1, 0.15) is 23.6 Å². The second-order valence-corrected chi connectivity index (χ2v) is 5.29. The first-order valence-electron chi connectivity index (χ1n) is 6.75. The van der Waals surface area contributed by atoms with E-state index in [0.717, 1.165) is 28.9 Å². The van der Waals surface area contributed by atoms with E-state index in [1.807, 2.05) is 39.0 Å². The lowest BCUT2D eigenvalue weighted by molar-refractivity contribution is 0.468. The topological polar surface area (TPSA) is 35.2 Å². The maximum atomic E-state index is 13.3. The molecule has 106 valence electrons. The highest BCUT2D eigenvalue weighted by atomic mass is 19.1. The largest absolute Gasteiger partial charge is 0.457 e. The molecule has 0 aliphatic carbocycles. The summed E-state index contributed by atoms with van der Waals surface area (Å²) in [6.07, 6.45) is 0.790. The minimum absolute atomic E-state index is 0.0986. The number of hydrogen-bond donors (Lipinski definition) is 1. The lowest BCUT2D eigenvalue weighted by Gasteiger charge is -2.13. The van der Waals surface area contributed by atoms with Gasteiger partial charge in [-0.3, -0.25) is 0 Å². The number of benzene rings is 2. The van der Waals surface area contributed by atoms with Gasteiger partial charge in [0.15, 0.2) is 0 Å². The van der Waals surface area contributed by atoms with Crippen LogP contribution in [-0.2, 0) is 6.42 Å². The Labute approximate surface area is 119 Å². The number of halogens is 1. The molecule has 0 radical (unpaired) electrons. The van der Waals surface area contributed by atoms with Crippen LogP contribution in [0.5, 0.6) is 11.5 Å². The fourth-order valence-electron chi connectivity index (χ4n) is 2.06. The van der Waals surface area contributed by atoms with Gasteiger partial charge < -0.3 is 10.5 Å². The Hall–Kier alpha value is -1.87. The van der Waals surface area contributed by atoms with Crippen molar-refractivity contribution in [2.45, 2.75) is 33.2 Å². The first-order chi connectivity index (χ1) is 9.45. The molecular weight excluding hydrogens is 253 g/mol. The minimum atomic E-state index is -0.296. The molecule has 1 atom stereocenters. The molecule has 1 unspecified atom stereocenters. The molecular formula is C17H20FNO. The SMILES string of the molecule is Cc1ccc(F)cc1Oc1cc(CC(C)N)ccc1C. The van der Waals surface area contributed by atoms with Crippen molar-refractivity contribution in [3.63, 3.8) is 0 Å². The van der Waals surface area contributed by atoms with E-state index in [0.29, 0.717) is 5.75 Å². The van der Waals surface area contributed by atoms with Gasteiger partial charge in [0.25, 0.3) is 0 Å². The zero-order valence-electron chi connectivity index (χ0n) is 12.1. The van der Waals surface area contributed by atoms with Crippen LogP contribution in [0.15, 0.2) is 36.4 Å². The fourth-order valence-corrected chi connectivity index (χ4v) is 2.06. The highest BCUT2D eigenvalue weighted by Gasteiger charge is 2.08. The van der Waals surface area contributed by atoms with Gasteiger partial charge in [0.1, 0.15) is 17.3 Å². The minimum Gasteiger partial charge on any atom is -0.457 e. The van der Waals surface area contributed by atoms with Gasteiger partial charge in [0.2, 0.25) is 0 Å². The zero-order valence-corrected chi connectivity index (χ0v) is 12.1. The number of ether oxygens (including phenoxy) is 1. The van der Waals surface area contributed by atoms with E-state index in [2.05, 4.69) is 0 Å². The van der Waals surface area contributed by atoms with Crippen molar-refractivity contribution >= 4 is 0 Å². The summed E-state index contributed by atoms with van der Waals surface area (Å²) in [5.74, 6) is 0.998. The van der Waals surface area contributed by atoms with Crippen molar-refractivity contribution in [1.82, 2.24) is 0 Å². The molecule has 2 rings (SSSR count). The van der Waals surface area contributed by atoms with E-state index < -0.39 is 0 Å². The Morgan fingerprint density at radius 2 is 1.65 bits per heavy atom. The van der Waals surface area contributed by atoms with Crippen LogP contribution in [0, 0.1) is 19.7 Å². The maximum absolute atomic E-state index is 13.3. The molecule has 3 heteroatoms. The highest BCUT2D eigenvalue weighted by Crippen LogP contribution is 2.29. The molecule has 0 bridgehead atoms. The van der Waals surface area contributed by atoms with Crippen molar-refractivity contribution in [3.05, 3.63) is 58.9 Å². The van der Waals surface area contributed by atoms with Crippen molar-refractivity contribution < 1.29 is 9.13 Å². The van der Waals surface area contributed by atoms with Crippen LogP contribution < -0.4 is 10.5 Å². The predicted octanol–water partition coefficient (Wildman–Crippen LogP) is 4.12. The molecule has 0 saturated carbocycles. The molecule has 0 spiro atoms.